The number of hydrogen-bond acceptors (Lipinski definition) is 4. The molecule has 3 aromatic rings. The number of anilines is 3. The lowest BCUT2D eigenvalue weighted by molar-refractivity contribution is -0.122. The number of carbonyl (C=O) groups excluding carboxylic acids is 4. The van der Waals surface area contributed by atoms with E-state index in [-0.39, 0.29) is 40.8 Å². The van der Waals surface area contributed by atoms with Crippen LogP contribution in [0.1, 0.15) is 42.1 Å². The van der Waals surface area contributed by atoms with Gasteiger partial charge in [-0.25, -0.2) is 4.90 Å². The Kier molecular flexibility index (Phi) is 7.18. The molecule has 2 N–H and O–H groups in total. The standard InChI is InChI=1S/C31H29N3O4/c1-20-14-16-24-26(18-20)31(38)34(30(24)37)27-13-6-5-12-25(27)29(36)33-23-11-7-10-22(19-23)32-28(35)17-15-21-8-3-2-4-9-21/h2-14,19,24,26H,15-18H2,1H3,(H,32,35)(H,33,36)/t24-,26-/m0/s1. The van der Waals surface area contributed by atoms with E-state index < -0.39 is 5.91 Å². The molecule has 1 fully saturated rings. The van der Waals surface area contributed by atoms with Crippen molar-refractivity contribution in [3.05, 3.63) is 102 Å². The van der Waals surface area contributed by atoms with Crippen molar-refractivity contribution in [2.45, 2.75) is 32.6 Å². The van der Waals surface area contributed by atoms with Crippen LogP contribution >= 0.6 is 0 Å². The van der Waals surface area contributed by atoms with E-state index in [2.05, 4.69) is 10.6 Å². The Balaban J connectivity index is 1.28. The van der Waals surface area contributed by atoms with Crippen molar-refractivity contribution in [3.8, 4) is 0 Å². The summed E-state index contributed by atoms with van der Waals surface area (Å²) in [5.74, 6) is -1.86. The third kappa shape index (κ3) is 5.27. The molecule has 1 heterocycles. The van der Waals surface area contributed by atoms with Crippen LogP contribution in [0.2, 0.25) is 0 Å². The number of amides is 4. The second kappa shape index (κ2) is 10.8. The number of rotatable bonds is 7. The zero-order valence-corrected chi connectivity index (χ0v) is 21.1. The molecule has 0 radical (unpaired) electrons. The molecule has 1 aliphatic carbocycles. The van der Waals surface area contributed by atoms with E-state index in [1.54, 1.807) is 48.5 Å². The van der Waals surface area contributed by atoms with E-state index >= 15 is 0 Å². The average Bonchev–Trinajstić information content (AvgIpc) is 3.17. The number of imide groups is 1. The molecule has 0 saturated carbocycles. The van der Waals surface area contributed by atoms with Gasteiger partial charge in [-0.2, -0.15) is 0 Å². The van der Waals surface area contributed by atoms with Gasteiger partial charge in [0.1, 0.15) is 0 Å². The summed E-state index contributed by atoms with van der Waals surface area (Å²) in [6.45, 7) is 1.97. The summed E-state index contributed by atoms with van der Waals surface area (Å²) in [5.41, 5.74) is 3.76. The van der Waals surface area contributed by atoms with Gasteiger partial charge in [0.05, 0.1) is 23.1 Å². The molecule has 7 nitrogen and oxygen atoms in total. The predicted octanol–water partition coefficient (Wildman–Crippen LogP) is 5.36. The van der Waals surface area contributed by atoms with Crippen LogP contribution < -0.4 is 15.5 Å². The van der Waals surface area contributed by atoms with Gasteiger partial charge in [0.25, 0.3) is 5.91 Å². The van der Waals surface area contributed by atoms with Crippen molar-refractivity contribution < 1.29 is 19.2 Å². The molecule has 0 aromatic heterocycles. The molecule has 2 atom stereocenters. The van der Waals surface area contributed by atoms with Gasteiger partial charge in [0.15, 0.2) is 0 Å². The van der Waals surface area contributed by atoms with Crippen LogP contribution in [0.15, 0.2) is 90.5 Å². The lowest BCUT2D eigenvalue weighted by atomic mass is 9.82. The van der Waals surface area contributed by atoms with Crippen molar-refractivity contribution in [3.63, 3.8) is 0 Å². The zero-order chi connectivity index (χ0) is 26.6. The maximum absolute atomic E-state index is 13.3. The zero-order valence-electron chi connectivity index (χ0n) is 21.1. The number of para-hydroxylation sites is 1. The minimum absolute atomic E-state index is 0.125. The molecule has 5 rings (SSSR count). The molecule has 4 amide bonds. The summed E-state index contributed by atoms with van der Waals surface area (Å²) >= 11 is 0. The predicted molar refractivity (Wildman–Crippen MR) is 147 cm³/mol. The monoisotopic (exact) mass is 507 g/mol. The van der Waals surface area contributed by atoms with Crippen LogP contribution in [0.3, 0.4) is 0 Å². The number of hydrogen-bond donors (Lipinski definition) is 2. The number of nitrogens with one attached hydrogen (secondary N) is 2. The Bertz CT molecular complexity index is 1430. The highest BCUT2D eigenvalue weighted by atomic mass is 16.2. The van der Waals surface area contributed by atoms with Gasteiger partial charge in [0, 0.05) is 17.8 Å². The molecule has 7 heteroatoms. The fraction of sp³-hybridized carbons (Fsp3) is 0.226. The van der Waals surface area contributed by atoms with Crippen LogP contribution in [-0.2, 0) is 20.8 Å². The summed E-state index contributed by atoms with van der Waals surface area (Å²) in [4.78, 5) is 53.3. The summed E-state index contributed by atoms with van der Waals surface area (Å²) in [5, 5.41) is 5.72. The SMILES string of the molecule is CC1=CC[C@@H]2C(=O)N(c3ccccc3C(=O)Nc3cccc(NC(=O)CCc4ccccc4)c3)C(=O)[C@H]2C1. The summed E-state index contributed by atoms with van der Waals surface area (Å²) in [6.07, 6.45) is 4.08. The first-order valence-corrected chi connectivity index (χ1v) is 12.8. The van der Waals surface area contributed by atoms with Crippen LogP contribution in [-0.4, -0.2) is 23.6 Å². The summed E-state index contributed by atoms with van der Waals surface area (Å²) in [6, 6.07) is 23.3. The van der Waals surface area contributed by atoms with E-state index in [1.807, 2.05) is 43.3 Å². The molecule has 0 bridgehead atoms. The second-order valence-electron chi connectivity index (χ2n) is 9.80. The van der Waals surface area contributed by atoms with Crippen LogP contribution in [0.25, 0.3) is 0 Å². The molecule has 0 unspecified atom stereocenters. The maximum atomic E-state index is 13.3. The fourth-order valence-electron chi connectivity index (χ4n) is 5.13. The molecule has 1 saturated heterocycles. The number of nitrogens with zero attached hydrogens (tertiary/aromatic N) is 1. The largest absolute Gasteiger partial charge is 0.326 e. The highest BCUT2D eigenvalue weighted by molar-refractivity contribution is 6.25. The van der Waals surface area contributed by atoms with Crippen molar-refractivity contribution in [1.82, 2.24) is 0 Å². The van der Waals surface area contributed by atoms with E-state index in [0.29, 0.717) is 37.1 Å². The summed E-state index contributed by atoms with van der Waals surface area (Å²) in [7, 11) is 0. The first-order valence-electron chi connectivity index (χ1n) is 12.8. The van der Waals surface area contributed by atoms with E-state index in [0.717, 1.165) is 11.1 Å². The highest BCUT2D eigenvalue weighted by Gasteiger charge is 2.49. The molecule has 1 aliphatic heterocycles. The van der Waals surface area contributed by atoms with E-state index in [1.165, 1.54) is 4.90 Å². The van der Waals surface area contributed by atoms with E-state index in [4.69, 9.17) is 0 Å². The first-order chi connectivity index (χ1) is 18.4. The maximum Gasteiger partial charge on any atom is 0.257 e. The second-order valence-corrected chi connectivity index (χ2v) is 9.80. The van der Waals surface area contributed by atoms with Gasteiger partial charge in [-0.05, 0) is 62.1 Å². The number of carbonyl (C=O) groups is 4. The molecule has 3 aromatic carbocycles. The fourth-order valence-corrected chi connectivity index (χ4v) is 5.13. The molecule has 38 heavy (non-hydrogen) atoms. The van der Waals surface area contributed by atoms with Crippen LogP contribution in [0.4, 0.5) is 17.1 Å². The number of fused-ring (bicyclic) bond motifs is 1. The van der Waals surface area contributed by atoms with Gasteiger partial charge in [-0.1, -0.05) is 60.2 Å². The normalized spacial score (nSPS) is 18.6. The van der Waals surface area contributed by atoms with Crippen molar-refractivity contribution in [2.24, 2.45) is 11.8 Å². The molecule has 192 valence electrons. The van der Waals surface area contributed by atoms with Crippen LogP contribution in [0.5, 0.6) is 0 Å². The third-order valence-corrected chi connectivity index (χ3v) is 7.10. The Morgan fingerprint density at radius 1 is 0.842 bits per heavy atom. The Hall–Kier alpha value is -4.52. The topological polar surface area (TPSA) is 95.6 Å². The summed E-state index contributed by atoms with van der Waals surface area (Å²) < 4.78 is 0. The van der Waals surface area contributed by atoms with Gasteiger partial charge < -0.3 is 10.6 Å². The quantitative estimate of drug-likeness (QED) is 0.333. The molecule has 0 spiro atoms. The number of benzene rings is 3. The Morgan fingerprint density at radius 2 is 1.53 bits per heavy atom. The van der Waals surface area contributed by atoms with Crippen LogP contribution in [0, 0.1) is 11.8 Å². The average molecular weight is 508 g/mol. The molecular weight excluding hydrogens is 478 g/mol. The smallest absolute Gasteiger partial charge is 0.257 e. The highest BCUT2D eigenvalue weighted by Crippen LogP contribution is 2.40. The van der Waals surface area contributed by atoms with Gasteiger partial charge in [0.2, 0.25) is 17.7 Å². The number of allylic oxidation sites excluding steroid dienone is 2. The van der Waals surface area contributed by atoms with Gasteiger partial charge in [-0.15, -0.1) is 0 Å². The minimum atomic E-state index is -0.446. The van der Waals surface area contributed by atoms with E-state index in [9.17, 15) is 19.2 Å². The Morgan fingerprint density at radius 3 is 2.32 bits per heavy atom. The van der Waals surface area contributed by atoms with Crippen molar-refractivity contribution >= 4 is 40.7 Å². The molecular formula is C31H29N3O4. The molecule has 2 aliphatic rings. The van der Waals surface area contributed by atoms with Crippen molar-refractivity contribution in [1.29, 1.82) is 0 Å². The lowest BCUT2D eigenvalue weighted by Gasteiger charge is -2.19. The Labute approximate surface area is 221 Å². The van der Waals surface area contributed by atoms with Gasteiger partial charge >= 0.3 is 0 Å². The van der Waals surface area contributed by atoms with Gasteiger partial charge in [-0.3, -0.25) is 19.2 Å². The van der Waals surface area contributed by atoms with Crippen molar-refractivity contribution in [2.75, 3.05) is 15.5 Å². The number of aryl methyl sites for hydroxylation is 1. The first kappa shape index (κ1) is 25.1. The lowest BCUT2D eigenvalue weighted by Crippen LogP contribution is -2.33. The minimum Gasteiger partial charge on any atom is -0.326 e. The third-order valence-electron chi connectivity index (χ3n) is 7.10.